The molecular formula is C22H18F2N4O3. The molecule has 0 aliphatic heterocycles. The quantitative estimate of drug-likeness (QED) is 0.513. The zero-order valence-corrected chi connectivity index (χ0v) is 16.6. The molecule has 2 aromatic carbocycles. The standard InChI is InChI=1S/C22H18F2N4O3/c1-13-4-2-3-5-14(13)11-25-18(29)6-7-28-12-26-21-19(22(28)30)20(27-31-21)15-8-16(23)10-17(24)9-15/h2-5,8-10,12H,6-7,11H2,1H3,(H,25,29). The Bertz CT molecular complexity index is 1310. The molecule has 0 spiro atoms. The van der Waals surface area contributed by atoms with Crippen molar-refractivity contribution in [1.29, 1.82) is 0 Å². The van der Waals surface area contributed by atoms with E-state index in [9.17, 15) is 18.4 Å². The van der Waals surface area contributed by atoms with E-state index in [1.165, 1.54) is 10.9 Å². The van der Waals surface area contributed by atoms with Crippen LogP contribution in [0, 0.1) is 18.6 Å². The monoisotopic (exact) mass is 424 g/mol. The van der Waals surface area contributed by atoms with Gasteiger partial charge in [-0.1, -0.05) is 29.4 Å². The molecule has 0 aliphatic rings. The number of aryl methyl sites for hydroxylation is 2. The third-order valence-electron chi connectivity index (χ3n) is 4.92. The van der Waals surface area contributed by atoms with E-state index in [0.29, 0.717) is 6.54 Å². The highest BCUT2D eigenvalue weighted by molar-refractivity contribution is 5.88. The maximum Gasteiger partial charge on any atom is 0.266 e. The van der Waals surface area contributed by atoms with Crippen LogP contribution in [0.5, 0.6) is 0 Å². The van der Waals surface area contributed by atoms with Crippen molar-refractivity contribution in [3.63, 3.8) is 0 Å². The highest BCUT2D eigenvalue weighted by Gasteiger charge is 2.18. The summed E-state index contributed by atoms with van der Waals surface area (Å²) in [4.78, 5) is 29.2. The smallest absolute Gasteiger partial charge is 0.266 e. The van der Waals surface area contributed by atoms with E-state index >= 15 is 0 Å². The molecule has 0 unspecified atom stereocenters. The van der Waals surface area contributed by atoms with E-state index in [1.807, 2.05) is 31.2 Å². The SMILES string of the molecule is Cc1ccccc1CNC(=O)CCn1cnc2onc(-c3cc(F)cc(F)c3)c2c1=O. The number of nitrogens with zero attached hydrogens (tertiary/aromatic N) is 3. The molecular weight excluding hydrogens is 406 g/mol. The molecule has 1 amide bonds. The minimum Gasteiger partial charge on any atom is -0.352 e. The van der Waals surface area contributed by atoms with Gasteiger partial charge in [0, 0.05) is 31.1 Å². The molecule has 2 aromatic heterocycles. The van der Waals surface area contributed by atoms with Crippen molar-refractivity contribution in [2.75, 3.05) is 0 Å². The Morgan fingerprint density at radius 1 is 1.16 bits per heavy atom. The summed E-state index contributed by atoms with van der Waals surface area (Å²) in [5.41, 5.74) is 1.56. The predicted octanol–water partition coefficient (Wildman–Crippen LogP) is 3.34. The van der Waals surface area contributed by atoms with Gasteiger partial charge >= 0.3 is 0 Å². The number of hydrogen-bond acceptors (Lipinski definition) is 5. The molecule has 0 aliphatic carbocycles. The molecule has 0 saturated heterocycles. The molecule has 0 fully saturated rings. The zero-order valence-electron chi connectivity index (χ0n) is 16.6. The number of carbonyl (C=O) groups excluding carboxylic acids is 1. The van der Waals surface area contributed by atoms with Crippen LogP contribution in [0.1, 0.15) is 17.5 Å². The van der Waals surface area contributed by atoms with Crippen molar-refractivity contribution >= 4 is 17.0 Å². The van der Waals surface area contributed by atoms with Crippen LogP contribution in [0.25, 0.3) is 22.4 Å². The molecule has 0 radical (unpaired) electrons. The molecule has 0 saturated carbocycles. The number of benzene rings is 2. The summed E-state index contributed by atoms with van der Waals surface area (Å²) in [6.45, 7) is 2.42. The number of amides is 1. The average Bonchev–Trinajstić information content (AvgIpc) is 3.17. The van der Waals surface area contributed by atoms with Crippen LogP contribution in [0.3, 0.4) is 0 Å². The van der Waals surface area contributed by atoms with Crippen molar-refractivity contribution in [1.82, 2.24) is 20.0 Å². The lowest BCUT2D eigenvalue weighted by molar-refractivity contribution is -0.121. The van der Waals surface area contributed by atoms with Gasteiger partial charge in [-0.05, 0) is 30.2 Å². The van der Waals surface area contributed by atoms with Crippen LogP contribution in [0.4, 0.5) is 8.78 Å². The lowest BCUT2D eigenvalue weighted by Crippen LogP contribution is -2.27. The number of halogens is 2. The fourth-order valence-electron chi connectivity index (χ4n) is 3.24. The molecule has 158 valence electrons. The summed E-state index contributed by atoms with van der Waals surface area (Å²) in [5.74, 6) is -1.84. The normalized spacial score (nSPS) is 11.1. The van der Waals surface area contributed by atoms with Crippen molar-refractivity contribution < 1.29 is 18.1 Å². The molecule has 9 heteroatoms. The highest BCUT2D eigenvalue weighted by atomic mass is 19.1. The lowest BCUT2D eigenvalue weighted by atomic mass is 10.1. The molecule has 1 N–H and O–H groups in total. The average molecular weight is 424 g/mol. The number of hydrogen-bond donors (Lipinski definition) is 1. The summed E-state index contributed by atoms with van der Waals surface area (Å²) in [7, 11) is 0. The second kappa shape index (κ2) is 8.47. The Kier molecular flexibility index (Phi) is 5.57. The summed E-state index contributed by atoms with van der Waals surface area (Å²) in [6, 6.07) is 10.5. The van der Waals surface area contributed by atoms with E-state index in [0.717, 1.165) is 29.3 Å². The number of aromatic nitrogens is 3. The summed E-state index contributed by atoms with van der Waals surface area (Å²) < 4.78 is 33.5. The minimum atomic E-state index is -0.805. The van der Waals surface area contributed by atoms with Gasteiger partial charge in [0.15, 0.2) is 0 Å². The van der Waals surface area contributed by atoms with Gasteiger partial charge in [-0.15, -0.1) is 0 Å². The van der Waals surface area contributed by atoms with Crippen molar-refractivity contribution in [3.05, 3.63) is 81.9 Å². The second-order valence-electron chi connectivity index (χ2n) is 7.07. The van der Waals surface area contributed by atoms with E-state index in [4.69, 9.17) is 4.52 Å². The van der Waals surface area contributed by atoms with Crippen LogP contribution in [-0.4, -0.2) is 20.6 Å². The Morgan fingerprint density at radius 3 is 2.65 bits per heavy atom. The van der Waals surface area contributed by atoms with Gasteiger partial charge < -0.3 is 9.84 Å². The van der Waals surface area contributed by atoms with Crippen LogP contribution >= 0.6 is 0 Å². The molecule has 31 heavy (non-hydrogen) atoms. The lowest BCUT2D eigenvalue weighted by Gasteiger charge is -2.09. The minimum absolute atomic E-state index is 0.00665. The van der Waals surface area contributed by atoms with Crippen molar-refractivity contribution in [3.8, 4) is 11.3 Å². The van der Waals surface area contributed by atoms with Gasteiger partial charge in [-0.25, -0.2) is 13.8 Å². The topological polar surface area (TPSA) is 90.0 Å². The number of rotatable bonds is 6. The summed E-state index contributed by atoms with van der Waals surface area (Å²) in [5, 5.41) is 6.57. The Hall–Kier alpha value is -3.88. The maximum absolute atomic E-state index is 13.6. The first-order valence-corrected chi connectivity index (χ1v) is 9.55. The molecule has 0 atom stereocenters. The molecule has 2 heterocycles. The van der Waals surface area contributed by atoms with E-state index < -0.39 is 17.2 Å². The van der Waals surface area contributed by atoms with Gasteiger partial charge in [0.2, 0.25) is 5.91 Å². The largest absolute Gasteiger partial charge is 0.352 e. The number of nitrogens with one attached hydrogen (secondary N) is 1. The van der Waals surface area contributed by atoms with Gasteiger partial charge in [0.05, 0.1) is 0 Å². The third-order valence-corrected chi connectivity index (χ3v) is 4.92. The third kappa shape index (κ3) is 4.35. The first-order valence-electron chi connectivity index (χ1n) is 9.55. The number of carbonyl (C=O) groups is 1. The van der Waals surface area contributed by atoms with E-state index in [-0.39, 0.29) is 41.2 Å². The van der Waals surface area contributed by atoms with Crippen molar-refractivity contribution in [2.45, 2.75) is 26.4 Å². The molecule has 4 rings (SSSR count). The second-order valence-corrected chi connectivity index (χ2v) is 7.07. The predicted molar refractivity (Wildman–Crippen MR) is 109 cm³/mol. The Balaban J connectivity index is 1.52. The van der Waals surface area contributed by atoms with Crippen LogP contribution in [0.15, 0.2) is 58.1 Å². The van der Waals surface area contributed by atoms with Gasteiger partial charge in [-0.3, -0.25) is 14.2 Å². The van der Waals surface area contributed by atoms with Gasteiger partial charge in [-0.2, -0.15) is 0 Å². The first-order chi connectivity index (χ1) is 14.9. The van der Waals surface area contributed by atoms with E-state index in [2.05, 4.69) is 15.5 Å². The van der Waals surface area contributed by atoms with Crippen LogP contribution in [-0.2, 0) is 17.9 Å². The Labute approximate surface area is 175 Å². The molecule has 7 nitrogen and oxygen atoms in total. The maximum atomic E-state index is 13.6. The summed E-state index contributed by atoms with van der Waals surface area (Å²) in [6.07, 6.45) is 1.30. The van der Waals surface area contributed by atoms with Gasteiger partial charge in [0.1, 0.15) is 29.0 Å². The van der Waals surface area contributed by atoms with Crippen LogP contribution < -0.4 is 10.9 Å². The van der Waals surface area contributed by atoms with E-state index in [1.54, 1.807) is 0 Å². The van der Waals surface area contributed by atoms with Gasteiger partial charge in [0.25, 0.3) is 11.3 Å². The molecule has 0 bridgehead atoms. The van der Waals surface area contributed by atoms with Crippen molar-refractivity contribution in [2.24, 2.45) is 0 Å². The first kappa shape index (κ1) is 20.4. The summed E-state index contributed by atoms with van der Waals surface area (Å²) >= 11 is 0. The molecule has 4 aromatic rings. The Morgan fingerprint density at radius 2 is 1.90 bits per heavy atom. The highest BCUT2D eigenvalue weighted by Crippen LogP contribution is 2.25. The fourth-order valence-corrected chi connectivity index (χ4v) is 3.24. The zero-order chi connectivity index (χ0) is 22.0. The fraction of sp³-hybridized carbons (Fsp3) is 0.182. The number of fused-ring (bicyclic) bond motifs is 1. The van der Waals surface area contributed by atoms with Crippen LogP contribution in [0.2, 0.25) is 0 Å².